The molecule has 0 fully saturated rings. The second-order valence-electron chi connectivity index (χ2n) is 4.43. The van der Waals surface area contributed by atoms with Crippen molar-refractivity contribution >= 4 is 50.8 Å². The third-order valence-electron chi connectivity index (χ3n) is 2.85. The first-order chi connectivity index (χ1) is 10.4. The van der Waals surface area contributed by atoms with Gasteiger partial charge in [0.25, 0.3) is 5.91 Å². The number of amides is 1. The lowest BCUT2D eigenvalue weighted by atomic mass is 10.1. The van der Waals surface area contributed by atoms with Gasteiger partial charge in [0, 0.05) is 20.6 Å². The second-order valence-corrected chi connectivity index (χ2v) is 6.19. The molecule has 0 aromatic heterocycles. The Morgan fingerprint density at radius 1 is 1.23 bits per heavy atom. The molecule has 2 aromatic carbocycles. The van der Waals surface area contributed by atoms with Gasteiger partial charge in [0.15, 0.2) is 0 Å². The standard InChI is InChI=1S/C15H11BrCl2N2O2/c1-8(12-6-11(17)7-13(18)14(12)21)19-20-15(22)9-2-4-10(16)5-3-9/h2-7,21H,1H3,(H,20,22). The summed E-state index contributed by atoms with van der Waals surface area (Å²) in [6, 6.07) is 9.79. The summed E-state index contributed by atoms with van der Waals surface area (Å²) < 4.78 is 0.877. The molecule has 0 heterocycles. The Balaban J connectivity index is 2.19. The minimum Gasteiger partial charge on any atom is -0.506 e. The van der Waals surface area contributed by atoms with Crippen LogP contribution in [-0.2, 0) is 0 Å². The van der Waals surface area contributed by atoms with Crippen LogP contribution in [0, 0.1) is 0 Å². The van der Waals surface area contributed by atoms with Crippen molar-refractivity contribution in [3.05, 3.63) is 62.0 Å². The highest BCUT2D eigenvalue weighted by Gasteiger charge is 2.11. The van der Waals surface area contributed by atoms with Crippen molar-refractivity contribution in [2.45, 2.75) is 6.92 Å². The fraction of sp³-hybridized carbons (Fsp3) is 0.0667. The molecule has 2 aromatic rings. The van der Waals surface area contributed by atoms with Gasteiger partial charge in [-0.05, 0) is 43.3 Å². The highest BCUT2D eigenvalue weighted by molar-refractivity contribution is 9.10. The molecule has 0 saturated carbocycles. The molecule has 0 aliphatic carbocycles. The summed E-state index contributed by atoms with van der Waals surface area (Å²) in [6.07, 6.45) is 0. The van der Waals surface area contributed by atoms with E-state index >= 15 is 0 Å². The highest BCUT2D eigenvalue weighted by Crippen LogP contribution is 2.31. The number of aromatic hydroxyl groups is 1. The maximum Gasteiger partial charge on any atom is 0.271 e. The molecule has 0 aliphatic rings. The maximum atomic E-state index is 12.0. The lowest BCUT2D eigenvalue weighted by Crippen LogP contribution is -2.19. The second kappa shape index (κ2) is 7.13. The molecule has 0 unspecified atom stereocenters. The van der Waals surface area contributed by atoms with E-state index in [2.05, 4.69) is 26.5 Å². The minimum absolute atomic E-state index is 0.122. The molecule has 0 aliphatic heterocycles. The average Bonchev–Trinajstić information content (AvgIpc) is 2.48. The zero-order valence-corrected chi connectivity index (χ0v) is 14.5. The largest absolute Gasteiger partial charge is 0.506 e. The average molecular weight is 402 g/mol. The van der Waals surface area contributed by atoms with Crippen LogP contribution in [0.5, 0.6) is 5.75 Å². The SMILES string of the molecule is CC(=NNC(=O)c1ccc(Br)cc1)c1cc(Cl)cc(Cl)c1O. The van der Waals surface area contributed by atoms with Crippen molar-refractivity contribution in [3.63, 3.8) is 0 Å². The van der Waals surface area contributed by atoms with Gasteiger partial charge in [-0.3, -0.25) is 4.79 Å². The Morgan fingerprint density at radius 3 is 2.50 bits per heavy atom. The van der Waals surface area contributed by atoms with Crippen molar-refractivity contribution in [2.24, 2.45) is 5.10 Å². The third-order valence-corrected chi connectivity index (χ3v) is 3.88. The van der Waals surface area contributed by atoms with E-state index in [9.17, 15) is 9.90 Å². The van der Waals surface area contributed by atoms with Crippen LogP contribution in [0.3, 0.4) is 0 Å². The normalized spacial score (nSPS) is 11.4. The minimum atomic E-state index is -0.362. The van der Waals surface area contributed by atoms with E-state index < -0.39 is 0 Å². The number of phenolic OH excluding ortho intramolecular Hbond substituents is 1. The van der Waals surface area contributed by atoms with E-state index in [1.54, 1.807) is 31.2 Å². The van der Waals surface area contributed by atoms with Crippen molar-refractivity contribution in [3.8, 4) is 5.75 Å². The van der Waals surface area contributed by atoms with Crippen LogP contribution in [0.15, 0.2) is 46.0 Å². The third kappa shape index (κ3) is 4.00. The molecule has 114 valence electrons. The number of hydrazone groups is 1. The van der Waals surface area contributed by atoms with Gasteiger partial charge in [0.1, 0.15) is 5.75 Å². The zero-order valence-electron chi connectivity index (χ0n) is 11.4. The van der Waals surface area contributed by atoms with Gasteiger partial charge >= 0.3 is 0 Å². The van der Waals surface area contributed by atoms with E-state index in [1.807, 2.05) is 0 Å². The van der Waals surface area contributed by atoms with Crippen molar-refractivity contribution in [1.29, 1.82) is 0 Å². The first-order valence-corrected chi connectivity index (χ1v) is 7.72. The Labute approximate surface area is 145 Å². The van der Waals surface area contributed by atoms with Crippen molar-refractivity contribution in [2.75, 3.05) is 0 Å². The number of nitrogens with one attached hydrogen (secondary N) is 1. The van der Waals surface area contributed by atoms with Crippen LogP contribution < -0.4 is 5.43 Å². The Morgan fingerprint density at radius 2 is 1.86 bits per heavy atom. The van der Waals surface area contributed by atoms with Gasteiger partial charge in [0.2, 0.25) is 0 Å². The van der Waals surface area contributed by atoms with Gasteiger partial charge < -0.3 is 5.11 Å². The van der Waals surface area contributed by atoms with E-state index in [1.165, 1.54) is 12.1 Å². The van der Waals surface area contributed by atoms with Crippen LogP contribution in [0.1, 0.15) is 22.8 Å². The molecule has 2 rings (SSSR count). The molecule has 7 heteroatoms. The quantitative estimate of drug-likeness (QED) is 0.582. The monoisotopic (exact) mass is 400 g/mol. The Bertz CT molecular complexity index is 746. The molecule has 22 heavy (non-hydrogen) atoms. The molecule has 0 bridgehead atoms. The van der Waals surface area contributed by atoms with E-state index in [4.69, 9.17) is 23.2 Å². The summed E-state index contributed by atoms with van der Waals surface area (Å²) in [5.41, 5.74) is 3.62. The molecule has 4 nitrogen and oxygen atoms in total. The number of hydrogen-bond donors (Lipinski definition) is 2. The smallest absolute Gasteiger partial charge is 0.271 e. The van der Waals surface area contributed by atoms with Gasteiger partial charge in [-0.15, -0.1) is 0 Å². The highest BCUT2D eigenvalue weighted by atomic mass is 79.9. The van der Waals surface area contributed by atoms with E-state index in [0.29, 0.717) is 21.9 Å². The lowest BCUT2D eigenvalue weighted by Gasteiger charge is -2.07. The fourth-order valence-electron chi connectivity index (χ4n) is 1.70. The van der Waals surface area contributed by atoms with Crippen molar-refractivity contribution < 1.29 is 9.90 Å². The van der Waals surface area contributed by atoms with Crippen LogP contribution in [0.4, 0.5) is 0 Å². The summed E-state index contributed by atoms with van der Waals surface area (Å²) in [7, 11) is 0. The molecular weight excluding hydrogens is 391 g/mol. The summed E-state index contributed by atoms with van der Waals surface area (Å²) in [5.74, 6) is -0.496. The number of carbonyl (C=O) groups excluding carboxylic acids is 1. The Hall–Kier alpha value is -1.56. The van der Waals surface area contributed by atoms with Crippen LogP contribution in [0.2, 0.25) is 10.0 Å². The van der Waals surface area contributed by atoms with Gasteiger partial charge in [-0.2, -0.15) is 5.10 Å². The van der Waals surface area contributed by atoms with Crippen molar-refractivity contribution in [1.82, 2.24) is 5.43 Å². The fourth-order valence-corrected chi connectivity index (χ4v) is 2.46. The molecule has 0 atom stereocenters. The number of hydrogen-bond acceptors (Lipinski definition) is 3. The summed E-state index contributed by atoms with van der Waals surface area (Å²) in [6.45, 7) is 1.63. The lowest BCUT2D eigenvalue weighted by molar-refractivity contribution is 0.0955. The summed E-state index contributed by atoms with van der Waals surface area (Å²) in [5, 5.41) is 14.4. The van der Waals surface area contributed by atoms with E-state index in [0.717, 1.165) is 4.47 Å². The zero-order chi connectivity index (χ0) is 16.3. The molecule has 0 radical (unpaired) electrons. The predicted molar refractivity (Wildman–Crippen MR) is 91.9 cm³/mol. The Kier molecular flexibility index (Phi) is 5.45. The molecule has 0 saturated heterocycles. The van der Waals surface area contributed by atoms with Crippen LogP contribution >= 0.6 is 39.1 Å². The topological polar surface area (TPSA) is 61.7 Å². The maximum absolute atomic E-state index is 12.0. The molecule has 1 amide bonds. The number of phenols is 1. The first kappa shape index (κ1) is 16.8. The number of benzene rings is 2. The summed E-state index contributed by atoms with van der Waals surface area (Å²) >= 11 is 15.0. The van der Waals surface area contributed by atoms with E-state index in [-0.39, 0.29) is 16.7 Å². The summed E-state index contributed by atoms with van der Waals surface area (Å²) in [4.78, 5) is 12.0. The molecular formula is C15H11BrCl2N2O2. The van der Waals surface area contributed by atoms with Gasteiger partial charge in [0.05, 0.1) is 10.7 Å². The van der Waals surface area contributed by atoms with Gasteiger partial charge in [-0.25, -0.2) is 5.43 Å². The molecule has 2 N–H and O–H groups in total. The number of rotatable bonds is 3. The van der Waals surface area contributed by atoms with Gasteiger partial charge in [-0.1, -0.05) is 39.1 Å². The first-order valence-electron chi connectivity index (χ1n) is 6.17. The number of nitrogens with zero attached hydrogens (tertiary/aromatic N) is 1. The van der Waals surface area contributed by atoms with Crippen LogP contribution in [0.25, 0.3) is 0 Å². The predicted octanol–water partition coefficient (Wildman–Crippen LogP) is 4.62. The van der Waals surface area contributed by atoms with Crippen LogP contribution in [-0.4, -0.2) is 16.7 Å². The molecule has 0 spiro atoms. The number of carbonyl (C=O) groups is 1. The number of halogens is 3.